The molecule has 2 aliphatic rings. The van der Waals surface area contributed by atoms with Crippen LogP contribution in [0.2, 0.25) is 5.02 Å². The summed E-state index contributed by atoms with van der Waals surface area (Å²) in [5.74, 6) is -0.329. The molecule has 0 atom stereocenters. The molecule has 0 radical (unpaired) electrons. The molecule has 2 aromatic rings. The molecule has 1 fully saturated rings. The molecule has 0 spiro atoms. The van der Waals surface area contributed by atoms with Gasteiger partial charge in [-0.1, -0.05) is 35.5 Å². The van der Waals surface area contributed by atoms with Crippen molar-refractivity contribution in [3.8, 4) is 0 Å². The number of hydrogen-bond acceptors (Lipinski definition) is 5. The van der Waals surface area contributed by atoms with E-state index >= 15 is 0 Å². The summed E-state index contributed by atoms with van der Waals surface area (Å²) in [7, 11) is 1.71. The van der Waals surface area contributed by atoms with Crippen LogP contribution in [0.25, 0.3) is 6.08 Å². The maximum atomic E-state index is 13.0. The number of fused-ring (bicyclic) bond motifs is 1. The fourth-order valence-corrected chi connectivity index (χ4v) is 5.26. The van der Waals surface area contributed by atoms with Crippen LogP contribution in [-0.4, -0.2) is 55.6 Å². The third kappa shape index (κ3) is 5.39. The lowest BCUT2D eigenvalue weighted by Gasteiger charge is -2.31. The SMILES string of the molecule is CCOC(=O)N1CCC(NC(=O)c2ccc3c(c2)N(C)C(=O)/C(=C/c2cccc(Cl)c2)S3)CC1. The van der Waals surface area contributed by atoms with E-state index in [1.54, 1.807) is 42.0 Å². The standard InChI is InChI=1S/C25H26ClN3O4S/c1-3-33-25(32)29-11-9-19(10-12-29)27-23(30)17-7-8-21-20(15-17)28(2)24(31)22(34-21)14-16-5-4-6-18(26)13-16/h4-8,13-15,19H,3,9-12H2,1-2H3,(H,27,30)/b22-14-. The fraction of sp³-hybridized carbons (Fsp3) is 0.320. The molecule has 9 heteroatoms. The smallest absolute Gasteiger partial charge is 0.409 e. The van der Waals surface area contributed by atoms with Gasteiger partial charge in [-0.25, -0.2) is 4.79 Å². The predicted octanol–water partition coefficient (Wildman–Crippen LogP) is 4.80. The van der Waals surface area contributed by atoms with Gasteiger partial charge in [0.25, 0.3) is 11.8 Å². The monoisotopic (exact) mass is 499 g/mol. The first-order valence-corrected chi connectivity index (χ1v) is 12.3. The number of thioether (sulfide) groups is 1. The Hall–Kier alpha value is -2.97. The summed E-state index contributed by atoms with van der Waals surface area (Å²) in [6.45, 7) is 3.22. The number of ether oxygens (including phenoxy) is 1. The molecule has 0 unspecified atom stereocenters. The Balaban J connectivity index is 1.43. The number of hydrogen-bond donors (Lipinski definition) is 1. The van der Waals surface area contributed by atoms with Crippen molar-refractivity contribution in [3.05, 3.63) is 63.5 Å². The van der Waals surface area contributed by atoms with Crippen LogP contribution < -0.4 is 10.2 Å². The Morgan fingerprint density at radius 3 is 2.68 bits per heavy atom. The molecule has 3 amide bonds. The largest absolute Gasteiger partial charge is 0.450 e. The molecule has 2 heterocycles. The van der Waals surface area contributed by atoms with Crippen LogP contribution in [0.5, 0.6) is 0 Å². The molecule has 2 aromatic carbocycles. The van der Waals surface area contributed by atoms with E-state index in [2.05, 4.69) is 5.32 Å². The quantitative estimate of drug-likeness (QED) is 0.611. The number of rotatable bonds is 4. The summed E-state index contributed by atoms with van der Waals surface area (Å²) in [5, 5.41) is 3.66. The predicted molar refractivity (Wildman–Crippen MR) is 134 cm³/mol. The molecule has 0 aromatic heterocycles. The summed E-state index contributed by atoms with van der Waals surface area (Å²) in [4.78, 5) is 42.4. The van der Waals surface area contributed by atoms with Gasteiger partial charge >= 0.3 is 6.09 Å². The van der Waals surface area contributed by atoms with Crippen molar-refractivity contribution in [1.82, 2.24) is 10.2 Å². The molecular formula is C25H26ClN3O4S. The highest BCUT2D eigenvalue weighted by molar-refractivity contribution is 8.04. The summed E-state index contributed by atoms with van der Waals surface area (Å²) in [5.41, 5.74) is 2.04. The second kappa shape index (κ2) is 10.5. The van der Waals surface area contributed by atoms with E-state index < -0.39 is 0 Å². The van der Waals surface area contributed by atoms with E-state index in [-0.39, 0.29) is 23.9 Å². The highest BCUT2D eigenvalue weighted by Crippen LogP contribution is 2.42. The van der Waals surface area contributed by atoms with Crippen molar-refractivity contribution in [2.45, 2.75) is 30.7 Å². The van der Waals surface area contributed by atoms with Crippen LogP contribution >= 0.6 is 23.4 Å². The lowest BCUT2D eigenvalue weighted by atomic mass is 10.0. The first-order valence-electron chi connectivity index (χ1n) is 11.2. The number of likely N-dealkylation sites (tertiary alicyclic amines) is 1. The zero-order chi connectivity index (χ0) is 24.2. The lowest BCUT2D eigenvalue weighted by Crippen LogP contribution is -2.46. The van der Waals surface area contributed by atoms with Crippen LogP contribution in [0.4, 0.5) is 10.5 Å². The van der Waals surface area contributed by atoms with Gasteiger partial charge in [0.2, 0.25) is 0 Å². The highest BCUT2D eigenvalue weighted by atomic mass is 35.5. The maximum Gasteiger partial charge on any atom is 0.409 e. The molecule has 1 saturated heterocycles. The van der Waals surface area contributed by atoms with Crippen molar-refractivity contribution in [2.24, 2.45) is 0 Å². The molecule has 34 heavy (non-hydrogen) atoms. The second-order valence-electron chi connectivity index (χ2n) is 8.15. The summed E-state index contributed by atoms with van der Waals surface area (Å²) in [6.07, 6.45) is 2.85. The highest BCUT2D eigenvalue weighted by Gasteiger charge is 2.28. The molecule has 0 bridgehead atoms. The van der Waals surface area contributed by atoms with Crippen LogP contribution in [0.15, 0.2) is 52.3 Å². The number of nitrogens with zero attached hydrogens (tertiary/aromatic N) is 2. The van der Waals surface area contributed by atoms with Crippen molar-refractivity contribution in [3.63, 3.8) is 0 Å². The topological polar surface area (TPSA) is 79.0 Å². The van der Waals surface area contributed by atoms with Gasteiger partial charge in [0.1, 0.15) is 0 Å². The van der Waals surface area contributed by atoms with Gasteiger partial charge in [0.05, 0.1) is 17.2 Å². The third-order valence-electron chi connectivity index (χ3n) is 5.82. The van der Waals surface area contributed by atoms with Gasteiger partial charge in [0.15, 0.2) is 0 Å². The Bertz CT molecular complexity index is 1140. The van der Waals surface area contributed by atoms with Gasteiger partial charge in [-0.2, -0.15) is 0 Å². The van der Waals surface area contributed by atoms with Crippen molar-refractivity contribution < 1.29 is 19.1 Å². The van der Waals surface area contributed by atoms with Crippen LogP contribution in [0.3, 0.4) is 0 Å². The van der Waals surface area contributed by atoms with E-state index in [0.717, 1.165) is 10.5 Å². The van der Waals surface area contributed by atoms with Crippen LogP contribution in [-0.2, 0) is 9.53 Å². The minimum Gasteiger partial charge on any atom is -0.450 e. The number of likely N-dealkylation sites (N-methyl/N-ethyl adjacent to an activating group) is 1. The third-order valence-corrected chi connectivity index (χ3v) is 7.13. The number of piperidine rings is 1. The Morgan fingerprint density at radius 2 is 1.97 bits per heavy atom. The molecule has 2 aliphatic heterocycles. The Morgan fingerprint density at radius 1 is 1.21 bits per heavy atom. The zero-order valence-electron chi connectivity index (χ0n) is 19.0. The maximum absolute atomic E-state index is 13.0. The first-order chi connectivity index (χ1) is 16.4. The van der Waals surface area contributed by atoms with Gasteiger partial charge in [-0.05, 0) is 61.7 Å². The van der Waals surface area contributed by atoms with E-state index in [1.165, 1.54) is 11.8 Å². The molecule has 0 aliphatic carbocycles. The average Bonchev–Trinajstić information content (AvgIpc) is 2.83. The number of carbonyl (C=O) groups is 3. The number of benzene rings is 2. The fourth-order valence-electron chi connectivity index (χ4n) is 3.97. The number of nitrogens with one attached hydrogen (secondary N) is 1. The number of anilines is 1. The van der Waals surface area contributed by atoms with Gasteiger partial charge in [0, 0.05) is 41.7 Å². The minimum atomic E-state index is -0.309. The molecular weight excluding hydrogens is 474 g/mol. The Kier molecular flexibility index (Phi) is 7.48. The Labute approximate surface area is 208 Å². The molecule has 0 saturated carbocycles. The van der Waals surface area contributed by atoms with Crippen molar-refractivity contribution in [2.75, 3.05) is 31.6 Å². The van der Waals surface area contributed by atoms with E-state index in [4.69, 9.17) is 16.3 Å². The van der Waals surface area contributed by atoms with E-state index in [0.29, 0.717) is 53.7 Å². The van der Waals surface area contributed by atoms with E-state index in [9.17, 15) is 14.4 Å². The molecule has 1 N–H and O–H groups in total. The van der Waals surface area contributed by atoms with Crippen LogP contribution in [0, 0.1) is 0 Å². The summed E-state index contributed by atoms with van der Waals surface area (Å²) >= 11 is 7.45. The molecule has 7 nitrogen and oxygen atoms in total. The first kappa shape index (κ1) is 24.2. The summed E-state index contributed by atoms with van der Waals surface area (Å²) in [6, 6.07) is 12.7. The summed E-state index contributed by atoms with van der Waals surface area (Å²) < 4.78 is 5.04. The molecule has 4 rings (SSSR count). The van der Waals surface area contributed by atoms with E-state index in [1.807, 2.05) is 30.3 Å². The minimum absolute atomic E-state index is 0.0184. The number of amides is 3. The van der Waals surface area contributed by atoms with Crippen LogP contribution in [0.1, 0.15) is 35.7 Å². The average molecular weight is 500 g/mol. The normalized spacial score (nSPS) is 17.5. The number of halogens is 1. The molecule has 178 valence electrons. The zero-order valence-corrected chi connectivity index (χ0v) is 20.6. The van der Waals surface area contributed by atoms with Gasteiger partial charge < -0.3 is 19.9 Å². The second-order valence-corrected chi connectivity index (χ2v) is 9.67. The number of carbonyl (C=O) groups excluding carboxylic acids is 3. The van der Waals surface area contributed by atoms with Crippen molar-refractivity contribution >= 4 is 53.0 Å². The lowest BCUT2D eigenvalue weighted by molar-refractivity contribution is -0.114. The van der Waals surface area contributed by atoms with Gasteiger partial charge in [-0.3, -0.25) is 9.59 Å². The van der Waals surface area contributed by atoms with Gasteiger partial charge in [-0.15, -0.1) is 0 Å². The van der Waals surface area contributed by atoms with Crippen molar-refractivity contribution in [1.29, 1.82) is 0 Å².